The van der Waals surface area contributed by atoms with E-state index in [0.717, 1.165) is 0 Å². The first-order valence-electron chi connectivity index (χ1n) is 13.7. The Bertz CT molecular complexity index is 1830. The van der Waals surface area contributed by atoms with E-state index in [-0.39, 0.29) is 24.8 Å². The molecular formula is C38H26Cl2Zr. The molecule has 2 aliphatic rings. The molecule has 0 amide bonds. The Balaban J connectivity index is 0.00000151. The zero-order valence-electron chi connectivity index (χ0n) is 22.3. The average Bonchev–Trinajstić information content (AvgIpc) is 3.55. The van der Waals surface area contributed by atoms with E-state index in [1.165, 1.54) is 66.1 Å². The Hall–Kier alpha value is -3.22. The van der Waals surface area contributed by atoms with Gasteiger partial charge >= 0.3 is 242 Å². The predicted molar refractivity (Wildman–Crippen MR) is 162 cm³/mol. The third kappa shape index (κ3) is 4.95. The van der Waals surface area contributed by atoms with Crippen LogP contribution in [0.15, 0.2) is 133 Å². The third-order valence-electron chi connectivity index (χ3n) is 8.36. The number of rotatable bonds is 4. The fourth-order valence-corrected chi connectivity index (χ4v) is 11.5. The molecule has 0 spiro atoms. The molecule has 2 atom stereocenters. The first kappa shape index (κ1) is 27.9. The summed E-state index contributed by atoms with van der Waals surface area (Å²) < 4.78 is 1.01. The van der Waals surface area contributed by atoms with Crippen LogP contribution in [0.4, 0.5) is 0 Å². The van der Waals surface area contributed by atoms with Crippen LogP contribution in [0.3, 0.4) is 0 Å². The minimum atomic E-state index is -1.06. The van der Waals surface area contributed by atoms with Gasteiger partial charge in [-0.1, -0.05) is 0 Å². The molecule has 8 rings (SSSR count). The molecule has 0 bridgehead atoms. The van der Waals surface area contributed by atoms with Crippen molar-refractivity contribution >= 4 is 44.8 Å². The van der Waals surface area contributed by atoms with Crippen LogP contribution >= 0.6 is 0 Å². The molecule has 0 aliphatic heterocycles. The molecule has 0 saturated heterocycles. The second-order valence-electron chi connectivity index (χ2n) is 10.6. The van der Waals surface area contributed by atoms with Gasteiger partial charge in [-0.3, -0.25) is 0 Å². The van der Waals surface area contributed by atoms with Gasteiger partial charge in [0.05, 0.1) is 0 Å². The van der Waals surface area contributed by atoms with Crippen LogP contribution in [0.1, 0.15) is 40.6 Å². The zero-order chi connectivity index (χ0) is 25.8. The van der Waals surface area contributed by atoms with Crippen LogP contribution in [0.5, 0.6) is 0 Å². The summed E-state index contributed by atoms with van der Waals surface area (Å²) in [4.78, 5) is 0. The number of benzene rings is 6. The van der Waals surface area contributed by atoms with Crippen LogP contribution in [0, 0.1) is 0 Å². The zero-order valence-corrected chi connectivity index (χ0v) is 26.2. The van der Waals surface area contributed by atoms with Gasteiger partial charge < -0.3 is 24.8 Å². The Kier molecular flexibility index (Phi) is 7.89. The van der Waals surface area contributed by atoms with Crippen LogP contribution in [0.25, 0.3) is 44.8 Å². The smallest absolute Gasteiger partial charge is 1.00 e. The third-order valence-corrected chi connectivity index (χ3v) is 13.1. The van der Waals surface area contributed by atoms with E-state index in [4.69, 9.17) is 0 Å². The van der Waals surface area contributed by atoms with Crippen molar-refractivity contribution < 1.29 is 48.0 Å². The number of allylic oxidation sites excluding steroid dienone is 2. The van der Waals surface area contributed by atoms with E-state index in [1.807, 2.05) is 0 Å². The van der Waals surface area contributed by atoms with Gasteiger partial charge in [-0.05, 0) is 0 Å². The van der Waals surface area contributed by atoms with Gasteiger partial charge in [-0.15, -0.1) is 0 Å². The summed E-state index contributed by atoms with van der Waals surface area (Å²) in [5.41, 5.74) is 11.6. The molecule has 196 valence electrons. The molecule has 0 fully saturated rings. The molecule has 0 nitrogen and oxygen atoms in total. The summed E-state index contributed by atoms with van der Waals surface area (Å²) in [5, 5.41) is 5.25. The molecule has 0 N–H and O–H groups in total. The molecule has 0 heterocycles. The molecule has 2 aliphatic carbocycles. The van der Waals surface area contributed by atoms with Crippen molar-refractivity contribution in [2.75, 3.05) is 0 Å². The summed E-state index contributed by atoms with van der Waals surface area (Å²) in [6, 6.07) is 49.7. The summed E-state index contributed by atoms with van der Waals surface area (Å²) >= 11 is -1.06. The van der Waals surface area contributed by atoms with Gasteiger partial charge in [0.25, 0.3) is 0 Å². The van der Waals surface area contributed by atoms with Gasteiger partial charge in [0.1, 0.15) is 0 Å². The van der Waals surface area contributed by atoms with Crippen molar-refractivity contribution in [3.63, 3.8) is 0 Å². The van der Waals surface area contributed by atoms with Gasteiger partial charge in [0, 0.05) is 0 Å². The van der Waals surface area contributed by atoms with Crippen molar-refractivity contribution in [3.05, 3.63) is 167 Å². The van der Waals surface area contributed by atoms with Crippen LogP contribution in [-0.2, 0) is 23.2 Å². The maximum absolute atomic E-state index is 2.48. The first-order chi connectivity index (χ1) is 19.3. The van der Waals surface area contributed by atoms with Gasteiger partial charge in [-0.25, -0.2) is 0 Å². The fraction of sp³-hybridized carbons (Fsp3) is 0.0526. The van der Waals surface area contributed by atoms with Crippen molar-refractivity contribution in [1.82, 2.24) is 0 Å². The Morgan fingerprint density at radius 1 is 0.390 bits per heavy atom. The average molecular weight is 645 g/mol. The molecule has 0 aromatic heterocycles. The molecule has 0 radical (unpaired) electrons. The summed E-state index contributed by atoms with van der Waals surface area (Å²) in [5.74, 6) is 0. The number of hydrogen-bond acceptors (Lipinski definition) is 0. The largest absolute Gasteiger partial charge is 1.00 e. The molecule has 2 unspecified atom stereocenters. The van der Waals surface area contributed by atoms with Gasteiger partial charge in [-0.2, -0.15) is 0 Å². The first-order valence-corrected chi connectivity index (χ1v) is 16.5. The summed E-state index contributed by atoms with van der Waals surface area (Å²) in [6.45, 7) is 0. The van der Waals surface area contributed by atoms with Gasteiger partial charge in [0.2, 0.25) is 0 Å². The molecule has 6 aromatic carbocycles. The number of hydrogen-bond donors (Lipinski definition) is 0. The maximum atomic E-state index is 2.48. The Morgan fingerprint density at radius 2 is 0.780 bits per heavy atom. The second-order valence-corrected chi connectivity index (χ2v) is 14.3. The standard InChI is InChI=1S/2C19H13.2ClH.Zr/c2*1-2-6-15-11-18(10-9-14(15)5-1)19-12-16-7-3-4-8-17(16)13-19;;;/h2*1-13H;2*1H;/q;;;;+2/p-2. The van der Waals surface area contributed by atoms with Crippen LogP contribution in [-0.4, -0.2) is 0 Å². The van der Waals surface area contributed by atoms with Crippen molar-refractivity contribution in [3.8, 4) is 0 Å². The second kappa shape index (κ2) is 11.6. The molecule has 41 heavy (non-hydrogen) atoms. The van der Waals surface area contributed by atoms with Crippen molar-refractivity contribution in [2.45, 2.75) is 7.25 Å². The van der Waals surface area contributed by atoms with E-state index in [2.05, 4.69) is 146 Å². The van der Waals surface area contributed by atoms with E-state index >= 15 is 0 Å². The maximum Gasteiger partial charge on any atom is -1.00 e. The van der Waals surface area contributed by atoms with Crippen LogP contribution < -0.4 is 24.8 Å². The summed E-state index contributed by atoms with van der Waals surface area (Å²) in [6.07, 6.45) is 4.95. The number of halogens is 2. The fourth-order valence-electron chi connectivity index (χ4n) is 6.41. The van der Waals surface area contributed by atoms with E-state index in [0.29, 0.717) is 7.25 Å². The quantitative estimate of drug-likeness (QED) is 0.273. The normalized spacial score (nSPS) is 16.6. The molecule has 6 aromatic rings. The SMILES string of the molecule is C1=C(c2ccc3ccccc3c2)[CH]([Zr+2][CH]2C(c3ccc4ccccc4c3)=Cc3ccccc32)c2ccccc21.[Cl-].[Cl-]. The predicted octanol–water partition coefficient (Wildman–Crippen LogP) is 3.97. The van der Waals surface area contributed by atoms with Crippen LogP contribution in [0.2, 0.25) is 0 Å². The minimum absolute atomic E-state index is 0. The Labute approximate surface area is 265 Å². The summed E-state index contributed by atoms with van der Waals surface area (Å²) in [7, 11) is 0. The molecule has 3 heteroatoms. The Morgan fingerprint density at radius 3 is 1.24 bits per heavy atom. The van der Waals surface area contributed by atoms with E-state index in [9.17, 15) is 0 Å². The minimum Gasteiger partial charge on any atom is -1.00 e. The molecule has 0 saturated carbocycles. The van der Waals surface area contributed by atoms with E-state index < -0.39 is 23.2 Å². The monoisotopic (exact) mass is 642 g/mol. The topological polar surface area (TPSA) is 0 Å². The van der Waals surface area contributed by atoms with Crippen molar-refractivity contribution in [2.24, 2.45) is 0 Å². The van der Waals surface area contributed by atoms with Crippen molar-refractivity contribution in [1.29, 1.82) is 0 Å². The molecular weight excluding hydrogens is 619 g/mol. The van der Waals surface area contributed by atoms with Gasteiger partial charge in [0.15, 0.2) is 0 Å². The number of fused-ring (bicyclic) bond motifs is 4. The van der Waals surface area contributed by atoms with E-state index in [1.54, 1.807) is 0 Å².